The third-order valence-corrected chi connectivity index (χ3v) is 4.69. The topological polar surface area (TPSA) is 60.3 Å². The minimum atomic E-state index is -0.101. The molecule has 1 aromatic heterocycles. The molecule has 1 amide bonds. The molecule has 0 saturated carbocycles. The summed E-state index contributed by atoms with van der Waals surface area (Å²) in [5.41, 5.74) is 2.25. The summed E-state index contributed by atoms with van der Waals surface area (Å²) >= 11 is 5.92. The minimum Gasteiger partial charge on any atom is -0.365 e. The molecule has 120 valence electrons. The van der Waals surface area contributed by atoms with Crippen LogP contribution in [0.15, 0.2) is 24.3 Å². The summed E-state index contributed by atoms with van der Waals surface area (Å²) in [6, 6.07) is 7.59. The highest BCUT2D eigenvalue weighted by atomic mass is 35.5. The van der Waals surface area contributed by atoms with Crippen molar-refractivity contribution < 1.29 is 9.53 Å². The molecule has 7 heteroatoms. The number of carbonyl (C=O) groups is 1. The quantitative estimate of drug-likeness (QED) is 0.847. The van der Waals surface area contributed by atoms with E-state index in [1.54, 1.807) is 4.68 Å². The number of nitrogens with zero attached hydrogens (tertiary/aromatic N) is 4. The molecule has 6 nitrogen and oxygen atoms in total. The van der Waals surface area contributed by atoms with Crippen LogP contribution in [0.4, 0.5) is 0 Å². The van der Waals surface area contributed by atoms with Crippen LogP contribution in [0.25, 0.3) is 0 Å². The van der Waals surface area contributed by atoms with E-state index in [0.717, 1.165) is 37.2 Å². The van der Waals surface area contributed by atoms with Gasteiger partial charge in [0.15, 0.2) is 5.69 Å². The van der Waals surface area contributed by atoms with E-state index in [4.69, 9.17) is 16.3 Å². The van der Waals surface area contributed by atoms with Gasteiger partial charge < -0.3 is 9.64 Å². The van der Waals surface area contributed by atoms with Crippen LogP contribution in [-0.4, -0.2) is 38.9 Å². The lowest BCUT2D eigenvalue weighted by Gasteiger charge is -2.24. The van der Waals surface area contributed by atoms with Gasteiger partial charge in [-0.3, -0.25) is 4.79 Å². The van der Waals surface area contributed by atoms with Crippen LogP contribution in [0.3, 0.4) is 0 Å². The number of hydrogen-bond acceptors (Lipinski definition) is 4. The molecule has 23 heavy (non-hydrogen) atoms. The second-order valence-corrected chi connectivity index (χ2v) is 6.35. The first kappa shape index (κ1) is 14.7. The van der Waals surface area contributed by atoms with Crippen LogP contribution in [0.1, 0.15) is 40.7 Å². The van der Waals surface area contributed by atoms with Gasteiger partial charge in [-0.15, -0.1) is 5.10 Å². The number of carbonyl (C=O) groups excluding carboxylic acids is 1. The lowest BCUT2D eigenvalue weighted by Crippen LogP contribution is -2.30. The molecule has 0 N–H and O–H groups in total. The molecule has 0 aliphatic carbocycles. The standard InChI is InChI=1S/C16H17ClN4O2/c17-12-5-3-11(4-6-12)14-9-21-13(10-23-14)15(18-19-21)16(22)20-7-1-2-8-20/h3-6,14H,1-2,7-10H2/t14-/m0/s1. The zero-order valence-corrected chi connectivity index (χ0v) is 13.4. The van der Waals surface area contributed by atoms with Crippen molar-refractivity contribution in [2.45, 2.75) is 32.1 Å². The van der Waals surface area contributed by atoms with E-state index in [0.29, 0.717) is 23.9 Å². The van der Waals surface area contributed by atoms with Crippen LogP contribution in [0, 0.1) is 0 Å². The van der Waals surface area contributed by atoms with E-state index in [9.17, 15) is 4.79 Å². The van der Waals surface area contributed by atoms with Crippen molar-refractivity contribution in [1.82, 2.24) is 19.9 Å². The summed E-state index contributed by atoms with van der Waals surface area (Å²) in [5, 5.41) is 8.96. The first-order valence-electron chi connectivity index (χ1n) is 7.81. The van der Waals surface area contributed by atoms with Gasteiger partial charge in [-0.1, -0.05) is 28.9 Å². The van der Waals surface area contributed by atoms with Gasteiger partial charge in [0.05, 0.1) is 18.8 Å². The molecule has 0 spiro atoms. The van der Waals surface area contributed by atoms with Crippen molar-refractivity contribution in [2.24, 2.45) is 0 Å². The Hall–Kier alpha value is -1.92. The summed E-state index contributed by atoms with van der Waals surface area (Å²) in [5.74, 6) is -0.0303. The molecule has 2 aromatic rings. The zero-order chi connectivity index (χ0) is 15.8. The zero-order valence-electron chi connectivity index (χ0n) is 12.6. The van der Waals surface area contributed by atoms with E-state index in [1.807, 2.05) is 29.2 Å². The summed E-state index contributed by atoms with van der Waals surface area (Å²) < 4.78 is 7.71. The Morgan fingerprint density at radius 3 is 2.70 bits per heavy atom. The third-order valence-electron chi connectivity index (χ3n) is 4.44. The van der Waals surface area contributed by atoms with Gasteiger partial charge in [0.2, 0.25) is 0 Å². The molecule has 4 rings (SSSR count). The summed E-state index contributed by atoms with van der Waals surface area (Å²) in [4.78, 5) is 14.4. The number of fused-ring (bicyclic) bond motifs is 1. The Labute approximate surface area is 139 Å². The SMILES string of the molecule is O=C(c1nnn2c1CO[C@H](c1ccc(Cl)cc1)C2)N1CCCC1. The number of hydrogen-bond donors (Lipinski definition) is 0. The number of ether oxygens (including phenoxy) is 1. The maximum atomic E-state index is 12.5. The summed E-state index contributed by atoms with van der Waals surface area (Å²) in [7, 11) is 0. The maximum Gasteiger partial charge on any atom is 0.276 e. The monoisotopic (exact) mass is 332 g/mol. The predicted octanol–water partition coefficient (Wildman–Crippen LogP) is 2.44. The number of aromatic nitrogens is 3. The summed E-state index contributed by atoms with van der Waals surface area (Å²) in [6.45, 7) is 2.51. The van der Waals surface area contributed by atoms with Crippen molar-refractivity contribution >= 4 is 17.5 Å². The largest absolute Gasteiger partial charge is 0.365 e. The molecule has 1 saturated heterocycles. The number of rotatable bonds is 2. The Kier molecular flexibility index (Phi) is 3.79. The maximum absolute atomic E-state index is 12.5. The van der Waals surface area contributed by atoms with Crippen LogP contribution in [0.2, 0.25) is 5.02 Å². The van der Waals surface area contributed by atoms with Crippen LogP contribution in [-0.2, 0) is 17.9 Å². The highest BCUT2D eigenvalue weighted by Gasteiger charge is 2.30. The highest BCUT2D eigenvalue weighted by molar-refractivity contribution is 6.30. The van der Waals surface area contributed by atoms with E-state index in [-0.39, 0.29) is 12.0 Å². The van der Waals surface area contributed by atoms with Gasteiger partial charge in [-0.05, 0) is 30.5 Å². The number of likely N-dealkylation sites (tertiary alicyclic amines) is 1. The Morgan fingerprint density at radius 2 is 1.96 bits per heavy atom. The average molecular weight is 333 g/mol. The van der Waals surface area contributed by atoms with Gasteiger partial charge in [-0.2, -0.15) is 0 Å². The Morgan fingerprint density at radius 1 is 1.22 bits per heavy atom. The van der Waals surface area contributed by atoms with E-state index in [1.165, 1.54) is 0 Å². The molecule has 0 bridgehead atoms. The highest BCUT2D eigenvalue weighted by Crippen LogP contribution is 2.28. The minimum absolute atomic E-state index is 0.0303. The number of halogens is 1. The molecule has 1 atom stereocenters. The van der Waals surface area contributed by atoms with Crippen molar-refractivity contribution in [3.05, 3.63) is 46.2 Å². The molecule has 0 unspecified atom stereocenters. The average Bonchev–Trinajstić information content (AvgIpc) is 3.24. The van der Waals surface area contributed by atoms with Crippen LogP contribution < -0.4 is 0 Å². The summed E-state index contributed by atoms with van der Waals surface area (Å²) in [6.07, 6.45) is 2.02. The van der Waals surface area contributed by atoms with Gasteiger partial charge in [0.25, 0.3) is 5.91 Å². The van der Waals surface area contributed by atoms with E-state index < -0.39 is 0 Å². The van der Waals surface area contributed by atoms with Crippen molar-refractivity contribution in [1.29, 1.82) is 0 Å². The second kappa shape index (κ2) is 5.94. The predicted molar refractivity (Wildman–Crippen MR) is 84.1 cm³/mol. The second-order valence-electron chi connectivity index (χ2n) is 5.92. The first-order valence-corrected chi connectivity index (χ1v) is 8.19. The molecule has 1 aromatic carbocycles. The molecule has 3 heterocycles. The van der Waals surface area contributed by atoms with Gasteiger partial charge in [0, 0.05) is 18.1 Å². The first-order chi connectivity index (χ1) is 11.2. The van der Waals surface area contributed by atoms with Crippen LogP contribution in [0.5, 0.6) is 0 Å². The Balaban J connectivity index is 1.55. The number of benzene rings is 1. The third kappa shape index (κ3) is 2.72. The van der Waals surface area contributed by atoms with E-state index in [2.05, 4.69) is 10.3 Å². The van der Waals surface area contributed by atoms with Crippen molar-refractivity contribution in [2.75, 3.05) is 13.1 Å². The lowest BCUT2D eigenvalue weighted by molar-refractivity contribution is -0.00191. The van der Waals surface area contributed by atoms with Crippen molar-refractivity contribution in [3.8, 4) is 0 Å². The van der Waals surface area contributed by atoms with Gasteiger partial charge >= 0.3 is 0 Å². The fraction of sp³-hybridized carbons (Fsp3) is 0.438. The Bertz CT molecular complexity index is 722. The molecular formula is C16H17ClN4O2. The van der Waals surface area contributed by atoms with Crippen LogP contribution >= 0.6 is 11.6 Å². The molecular weight excluding hydrogens is 316 g/mol. The van der Waals surface area contributed by atoms with Gasteiger partial charge in [0.1, 0.15) is 6.10 Å². The van der Waals surface area contributed by atoms with E-state index >= 15 is 0 Å². The van der Waals surface area contributed by atoms with Crippen molar-refractivity contribution in [3.63, 3.8) is 0 Å². The molecule has 0 radical (unpaired) electrons. The fourth-order valence-corrected chi connectivity index (χ4v) is 3.25. The van der Waals surface area contributed by atoms with Gasteiger partial charge in [-0.25, -0.2) is 4.68 Å². The molecule has 1 fully saturated rings. The normalized spacial score (nSPS) is 20.6. The molecule has 2 aliphatic heterocycles. The molecule has 2 aliphatic rings. The fourth-order valence-electron chi connectivity index (χ4n) is 3.13. The smallest absolute Gasteiger partial charge is 0.276 e. The lowest BCUT2D eigenvalue weighted by atomic mass is 10.1. The number of amides is 1.